The maximum atomic E-state index is 10.5. The van der Waals surface area contributed by atoms with Crippen LogP contribution in [-0.4, -0.2) is 28.5 Å². The Hall–Kier alpha value is -0.640. The molecule has 4 N–H and O–H groups in total. The molecular formula is C19H29NO2. The lowest BCUT2D eigenvalue weighted by Gasteiger charge is -2.53. The van der Waals surface area contributed by atoms with Gasteiger partial charge in [0.05, 0.1) is 12.2 Å². The van der Waals surface area contributed by atoms with Gasteiger partial charge < -0.3 is 15.9 Å². The van der Waals surface area contributed by atoms with Crippen LogP contribution < -0.4 is 5.73 Å². The fourth-order valence-corrected chi connectivity index (χ4v) is 5.97. The van der Waals surface area contributed by atoms with Gasteiger partial charge in [0.25, 0.3) is 0 Å². The van der Waals surface area contributed by atoms with Crippen molar-refractivity contribution in [1.82, 2.24) is 0 Å². The molecular weight excluding hydrogens is 274 g/mol. The van der Waals surface area contributed by atoms with E-state index < -0.39 is 0 Å². The second kappa shape index (κ2) is 4.68. The number of fused-ring (bicyclic) bond motifs is 4. The highest BCUT2D eigenvalue weighted by molar-refractivity contribution is 5.45. The second-order valence-electron chi connectivity index (χ2n) is 8.53. The number of hydrogen-bond acceptors (Lipinski definition) is 3. The van der Waals surface area contributed by atoms with E-state index in [-0.39, 0.29) is 29.1 Å². The molecule has 4 aliphatic rings. The van der Waals surface area contributed by atoms with Crippen LogP contribution in [0.3, 0.4) is 0 Å². The Balaban J connectivity index is 1.83. The molecule has 3 unspecified atom stereocenters. The number of aliphatic hydroxyl groups is 2. The van der Waals surface area contributed by atoms with Gasteiger partial charge >= 0.3 is 0 Å². The maximum absolute atomic E-state index is 10.5. The van der Waals surface area contributed by atoms with Crippen molar-refractivity contribution in [2.45, 2.75) is 77.0 Å². The summed E-state index contributed by atoms with van der Waals surface area (Å²) in [6.45, 7) is 4.63. The van der Waals surface area contributed by atoms with Gasteiger partial charge in [0.15, 0.2) is 0 Å². The molecule has 0 aromatic heterocycles. The SMILES string of the molecule is C[C@]12CCC(O)C=C1CC(N)C1=C2CC[C@]2(C)C(O)CC[C@@H]12. The van der Waals surface area contributed by atoms with Crippen LogP contribution in [0.15, 0.2) is 22.8 Å². The molecule has 3 heteroatoms. The first-order valence-electron chi connectivity index (χ1n) is 8.92. The summed E-state index contributed by atoms with van der Waals surface area (Å²) in [4.78, 5) is 0. The minimum absolute atomic E-state index is 0.0300. The molecule has 0 amide bonds. The zero-order chi connectivity index (χ0) is 15.7. The predicted octanol–water partition coefficient (Wildman–Crippen LogP) is 2.67. The Kier molecular flexibility index (Phi) is 3.18. The highest BCUT2D eigenvalue weighted by Crippen LogP contribution is 2.62. The zero-order valence-corrected chi connectivity index (χ0v) is 13.8. The molecule has 0 spiro atoms. The average molecular weight is 303 g/mol. The van der Waals surface area contributed by atoms with Crippen molar-refractivity contribution in [1.29, 1.82) is 0 Å². The van der Waals surface area contributed by atoms with Gasteiger partial charge in [-0.15, -0.1) is 0 Å². The topological polar surface area (TPSA) is 66.5 Å². The molecule has 3 nitrogen and oxygen atoms in total. The molecule has 0 aromatic rings. The molecule has 1 saturated carbocycles. The van der Waals surface area contributed by atoms with E-state index in [0.717, 1.165) is 44.9 Å². The summed E-state index contributed by atoms with van der Waals surface area (Å²) >= 11 is 0. The highest BCUT2D eigenvalue weighted by Gasteiger charge is 2.55. The van der Waals surface area contributed by atoms with Crippen molar-refractivity contribution in [3.05, 3.63) is 22.8 Å². The summed E-state index contributed by atoms with van der Waals surface area (Å²) < 4.78 is 0. The van der Waals surface area contributed by atoms with Crippen LogP contribution in [-0.2, 0) is 0 Å². The Labute approximate surface area is 133 Å². The number of allylic oxidation sites excluding steroid dienone is 1. The third-order valence-electron chi connectivity index (χ3n) is 7.47. The molecule has 4 rings (SSSR count). The van der Waals surface area contributed by atoms with Crippen molar-refractivity contribution in [3.8, 4) is 0 Å². The Morgan fingerprint density at radius 1 is 1.14 bits per heavy atom. The molecule has 6 atom stereocenters. The minimum Gasteiger partial charge on any atom is -0.393 e. The third kappa shape index (κ3) is 1.79. The first-order valence-corrected chi connectivity index (χ1v) is 8.92. The smallest absolute Gasteiger partial charge is 0.0724 e. The number of nitrogens with two attached hydrogens (primary N) is 1. The fourth-order valence-electron chi connectivity index (χ4n) is 5.97. The first-order chi connectivity index (χ1) is 10.4. The lowest BCUT2D eigenvalue weighted by Crippen LogP contribution is -2.48. The Morgan fingerprint density at radius 3 is 2.68 bits per heavy atom. The Bertz CT molecular complexity index is 566. The summed E-state index contributed by atoms with van der Waals surface area (Å²) in [5.41, 5.74) is 11.1. The van der Waals surface area contributed by atoms with Crippen molar-refractivity contribution < 1.29 is 10.2 Å². The minimum atomic E-state index is -0.292. The van der Waals surface area contributed by atoms with Crippen molar-refractivity contribution in [2.75, 3.05) is 0 Å². The van der Waals surface area contributed by atoms with E-state index in [1.54, 1.807) is 5.57 Å². The molecule has 1 fully saturated rings. The summed E-state index contributed by atoms with van der Waals surface area (Å²) in [7, 11) is 0. The van der Waals surface area contributed by atoms with Crippen molar-refractivity contribution in [2.24, 2.45) is 22.5 Å². The predicted molar refractivity (Wildman–Crippen MR) is 87.1 cm³/mol. The molecule has 0 saturated heterocycles. The standard InChI is InChI=1S/C19H29NO2/c1-18-7-5-12(21)9-11(18)10-15(20)17-13-3-4-16(22)19(13,2)8-6-14(17)18/h9,12-13,15-16,21-22H,3-8,10,20H2,1-2H3/t12?,13-,15?,16?,18-,19-/m0/s1. The molecule has 0 aromatic carbocycles. The Morgan fingerprint density at radius 2 is 1.91 bits per heavy atom. The van der Waals surface area contributed by atoms with Crippen LogP contribution in [0.25, 0.3) is 0 Å². The third-order valence-corrected chi connectivity index (χ3v) is 7.47. The van der Waals surface area contributed by atoms with E-state index >= 15 is 0 Å². The number of hydrogen-bond donors (Lipinski definition) is 3. The molecule has 0 aliphatic heterocycles. The zero-order valence-electron chi connectivity index (χ0n) is 13.8. The molecule has 22 heavy (non-hydrogen) atoms. The van der Waals surface area contributed by atoms with Gasteiger partial charge in [0, 0.05) is 16.9 Å². The van der Waals surface area contributed by atoms with E-state index in [4.69, 9.17) is 5.73 Å². The van der Waals surface area contributed by atoms with Crippen LogP contribution in [0.1, 0.15) is 58.8 Å². The lowest BCUT2D eigenvalue weighted by atomic mass is 9.53. The van der Waals surface area contributed by atoms with Crippen LogP contribution in [0.2, 0.25) is 0 Å². The summed E-state index contributed by atoms with van der Waals surface area (Å²) in [6.07, 6.45) is 8.54. The summed E-state index contributed by atoms with van der Waals surface area (Å²) in [5, 5.41) is 20.5. The highest BCUT2D eigenvalue weighted by atomic mass is 16.3. The monoisotopic (exact) mass is 303 g/mol. The second-order valence-corrected chi connectivity index (χ2v) is 8.53. The lowest BCUT2D eigenvalue weighted by molar-refractivity contribution is 0.0303. The van der Waals surface area contributed by atoms with Crippen molar-refractivity contribution in [3.63, 3.8) is 0 Å². The quantitative estimate of drug-likeness (QED) is 0.603. The van der Waals surface area contributed by atoms with Gasteiger partial charge in [-0.05, 0) is 56.4 Å². The maximum Gasteiger partial charge on any atom is 0.0724 e. The van der Waals surface area contributed by atoms with Gasteiger partial charge in [-0.3, -0.25) is 0 Å². The number of aliphatic hydroxyl groups excluding tert-OH is 2. The van der Waals surface area contributed by atoms with Crippen molar-refractivity contribution >= 4 is 0 Å². The molecule has 4 aliphatic carbocycles. The first kappa shape index (κ1) is 14.9. The fraction of sp³-hybridized carbons (Fsp3) is 0.789. The van der Waals surface area contributed by atoms with Crippen LogP contribution in [0.5, 0.6) is 0 Å². The average Bonchev–Trinajstić information content (AvgIpc) is 2.77. The normalized spacial score (nSPS) is 51.0. The molecule has 122 valence electrons. The van der Waals surface area contributed by atoms with E-state index in [2.05, 4.69) is 19.9 Å². The largest absolute Gasteiger partial charge is 0.393 e. The van der Waals surface area contributed by atoms with Gasteiger partial charge in [-0.25, -0.2) is 0 Å². The van der Waals surface area contributed by atoms with Gasteiger partial charge in [0.1, 0.15) is 0 Å². The van der Waals surface area contributed by atoms with E-state index in [1.807, 2.05) is 0 Å². The number of rotatable bonds is 0. The van der Waals surface area contributed by atoms with Gasteiger partial charge in [-0.2, -0.15) is 0 Å². The van der Waals surface area contributed by atoms with Crippen LogP contribution >= 0.6 is 0 Å². The van der Waals surface area contributed by atoms with Gasteiger partial charge in [-0.1, -0.05) is 31.1 Å². The van der Waals surface area contributed by atoms with E-state index in [1.165, 1.54) is 11.1 Å². The molecule has 0 bridgehead atoms. The van der Waals surface area contributed by atoms with Crippen LogP contribution in [0.4, 0.5) is 0 Å². The summed E-state index contributed by atoms with van der Waals surface area (Å²) in [6, 6.07) is 0.0783. The summed E-state index contributed by atoms with van der Waals surface area (Å²) in [5.74, 6) is 0.464. The van der Waals surface area contributed by atoms with Gasteiger partial charge in [0.2, 0.25) is 0 Å². The molecule has 0 heterocycles. The van der Waals surface area contributed by atoms with E-state index in [9.17, 15) is 10.2 Å². The molecule has 0 radical (unpaired) electrons. The van der Waals surface area contributed by atoms with E-state index in [0.29, 0.717) is 5.92 Å². The van der Waals surface area contributed by atoms with Crippen LogP contribution in [0, 0.1) is 16.7 Å².